The minimum atomic E-state index is -5.11. The molecule has 1 saturated heterocycles. The van der Waals surface area contributed by atoms with E-state index in [4.69, 9.17) is 9.47 Å². The van der Waals surface area contributed by atoms with Crippen LogP contribution in [0, 0.1) is 0 Å². The molecule has 1 aliphatic rings. The molecule has 0 spiro atoms. The van der Waals surface area contributed by atoms with Gasteiger partial charge in [0.15, 0.2) is 6.29 Å². The van der Waals surface area contributed by atoms with Gasteiger partial charge in [-0.1, -0.05) is 187 Å². The molecule has 1 aliphatic heterocycles. The lowest BCUT2D eigenvalue weighted by Gasteiger charge is -2.41. The monoisotopic (exact) mass is 880 g/mol. The molecule has 13 nitrogen and oxygen atoms in total. The van der Waals surface area contributed by atoms with Crippen LogP contribution in [-0.2, 0) is 28.9 Å². The minimum absolute atomic E-state index is 0.247. The van der Waals surface area contributed by atoms with Crippen LogP contribution in [0.15, 0.2) is 12.2 Å². The summed E-state index contributed by atoms with van der Waals surface area (Å²) in [4.78, 5) is 13.1. The molecule has 60 heavy (non-hydrogen) atoms. The van der Waals surface area contributed by atoms with Crippen molar-refractivity contribution in [2.75, 3.05) is 13.2 Å². The molecular weight excluding hydrogens is 791 g/mol. The third kappa shape index (κ3) is 29.2. The van der Waals surface area contributed by atoms with Gasteiger partial charge in [0.25, 0.3) is 0 Å². The zero-order valence-electron chi connectivity index (χ0n) is 37.6. The van der Waals surface area contributed by atoms with Crippen LogP contribution in [0.1, 0.15) is 213 Å². The molecule has 0 aliphatic carbocycles. The molecular formula is C46H89NO12S. The summed E-state index contributed by atoms with van der Waals surface area (Å²) in [7, 11) is -5.11. The zero-order chi connectivity index (χ0) is 44.3. The Hall–Kier alpha value is -1.20. The second-order valence-corrected chi connectivity index (χ2v) is 18.2. The second kappa shape index (κ2) is 37.2. The lowest BCUT2D eigenvalue weighted by Crippen LogP contribution is -2.61. The van der Waals surface area contributed by atoms with E-state index in [9.17, 15) is 43.3 Å². The summed E-state index contributed by atoms with van der Waals surface area (Å²) in [5.74, 6) is -0.678. The van der Waals surface area contributed by atoms with Gasteiger partial charge in [-0.2, -0.15) is 8.42 Å². The number of aliphatic hydroxyl groups is 5. The number of allylic oxidation sites excluding steroid dienone is 2. The third-order valence-electron chi connectivity index (χ3n) is 11.7. The molecule has 356 valence electrons. The number of amides is 1. The van der Waals surface area contributed by atoms with Gasteiger partial charge < -0.3 is 40.3 Å². The molecule has 0 aromatic carbocycles. The summed E-state index contributed by atoms with van der Waals surface area (Å²) in [5, 5.41) is 55.3. The van der Waals surface area contributed by atoms with Crippen LogP contribution in [0.3, 0.4) is 0 Å². The van der Waals surface area contributed by atoms with Gasteiger partial charge in [-0.25, -0.2) is 4.18 Å². The van der Waals surface area contributed by atoms with E-state index < -0.39 is 78.5 Å². The normalized spacial score (nSPS) is 21.4. The van der Waals surface area contributed by atoms with Crippen molar-refractivity contribution in [3.05, 3.63) is 12.2 Å². The highest BCUT2D eigenvalue weighted by Crippen LogP contribution is 2.26. The molecule has 1 amide bonds. The van der Waals surface area contributed by atoms with Crippen LogP contribution >= 0.6 is 0 Å². The van der Waals surface area contributed by atoms with Crippen molar-refractivity contribution in [3.63, 3.8) is 0 Å². The summed E-state index contributed by atoms with van der Waals surface area (Å²) in [6, 6.07) is -1.03. The number of rotatable bonds is 41. The number of unbranched alkanes of at least 4 members (excludes halogenated alkanes) is 26. The van der Waals surface area contributed by atoms with Crippen molar-refractivity contribution in [2.45, 2.75) is 262 Å². The molecule has 8 unspecified atom stereocenters. The highest BCUT2D eigenvalue weighted by molar-refractivity contribution is 7.80. The van der Waals surface area contributed by atoms with Crippen molar-refractivity contribution >= 4 is 16.3 Å². The lowest BCUT2D eigenvalue weighted by atomic mass is 9.99. The van der Waals surface area contributed by atoms with Gasteiger partial charge >= 0.3 is 10.4 Å². The van der Waals surface area contributed by atoms with Gasteiger partial charge in [-0.05, 0) is 38.5 Å². The first-order valence-electron chi connectivity index (χ1n) is 24.2. The number of carbonyl (C=O) groups excluding carboxylic acids is 1. The van der Waals surface area contributed by atoms with E-state index in [2.05, 4.69) is 35.5 Å². The Morgan fingerprint density at radius 1 is 0.650 bits per heavy atom. The summed E-state index contributed by atoms with van der Waals surface area (Å²) >= 11 is 0. The molecule has 0 bridgehead atoms. The standard InChI is InChI=1S/C46H89NO12S/c1-3-5-7-9-11-13-15-16-17-18-19-20-21-22-23-25-26-28-30-32-34-39(49)38(37-57-46-43(52)44(59-60(54,55)56)42(51)41(36-48)58-46)47-45(53)40(50)35-33-31-29-27-24-14-12-10-8-6-4-2/h12,14,38-44,46,48-52H,3-11,13,15-37H2,1-2H3,(H,47,53)(H,54,55,56)/b14-12-. The molecule has 0 saturated carbocycles. The molecule has 8 atom stereocenters. The van der Waals surface area contributed by atoms with Crippen LogP contribution in [0.5, 0.6) is 0 Å². The van der Waals surface area contributed by atoms with Crippen LogP contribution in [-0.4, -0.2) is 107 Å². The smallest absolute Gasteiger partial charge is 0.394 e. The SMILES string of the molecule is CCCCC/C=C\CCCCCCC(O)C(=O)NC(COC1OC(CO)C(O)C(OS(=O)(=O)O)C1O)C(O)CCCCCCCCCCCCCCCCCCCCCC. The van der Waals surface area contributed by atoms with Crippen LogP contribution < -0.4 is 5.32 Å². The number of ether oxygens (including phenoxy) is 2. The second-order valence-electron chi connectivity index (χ2n) is 17.2. The summed E-state index contributed by atoms with van der Waals surface area (Å²) in [5.41, 5.74) is 0. The minimum Gasteiger partial charge on any atom is -0.394 e. The van der Waals surface area contributed by atoms with E-state index >= 15 is 0 Å². The van der Waals surface area contributed by atoms with Crippen molar-refractivity contribution in [1.29, 1.82) is 0 Å². The molecule has 7 N–H and O–H groups in total. The average molecular weight is 880 g/mol. The Labute approximate surface area is 364 Å². The van der Waals surface area contributed by atoms with Gasteiger partial charge in [0, 0.05) is 0 Å². The Morgan fingerprint density at radius 2 is 1.07 bits per heavy atom. The van der Waals surface area contributed by atoms with E-state index in [1.165, 1.54) is 122 Å². The predicted octanol–water partition coefficient (Wildman–Crippen LogP) is 8.53. The molecule has 14 heteroatoms. The fourth-order valence-corrected chi connectivity index (χ4v) is 8.32. The summed E-state index contributed by atoms with van der Waals surface area (Å²) in [6.07, 6.45) is 28.3. The van der Waals surface area contributed by atoms with E-state index in [0.29, 0.717) is 19.3 Å². The Balaban J connectivity index is 2.50. The van der Waals surface area contributed by atoms with Crippen LogP contribution in [0.25, 0.3) is 0 Å². The lowest BCUT2D eigenvalue weighted by molar-refractivity contribution is -0.298. The van der Waals surface area contributed by atoms with E-state index in [0.717, 1.165) is 51.4 Å². The van der Waals surface area contributed by atoms with E-state index in [-0.39, 0.29) is 6.42 Å². The quantitative estimate of drug-likeness (QED) is 0.0175. The number of hydrogen-bond acceptors (Lipinski definition) is 11. The molecule has 1 heterocycles. The first kappa shape index (κ1) is 56.8. The molecule has 1 rings (SSSR count). The molecule has 0 aromatic heterocycles. The molecule has 0 radical (unpaired) electrons. The average Bonchev–Trinajstić information content (AvgIpc) is 3.22. The maximum atomic E-state index is 13.1. The van der Waals surface area contributed by atoms with E-state index in [1.807, 2.05) is 0 Å². The van der Waals surface area contributed by atoms with Crippen LogP contribution in [0.4, 0.5) is 0 Å². The largest absolute Gasteiger partial charge is 0.397 e. The topological polar surface area (TPSA) is 212 Å². The maximum Gasteiger partial charge on any atom is 0.397 e. The Kier molecular flexibility index (Phi) is 35.2. The predicted molar refractivity (Wildman–Crippen MR) is 238 cm³/mol. The molecule has 1 fully saturated rings. The third-order valence-corrected chi connectivity index (χ3v) is 12.1. The summed E-state index contributed by atoms with van der Waals surface area (Å²) in [6.45, 7) is 3.25. The fourth-order valence-electron chi connectivity index (χ4n) is 7.81. The number of hydrogen-bond donors (Lipinski definition) is 7. The number of carbonyl (C=O) groups is 1. The molecule has 0 aromatic rings. The first-order chi connectivity index (χ1) is 28.9. The number of aliphatic hydroxyl groups excluding tert-OH is 5. The van der Waals surface area contributed by atoms with Crippen molar-refractivity contribution in [2.24, 2.45) is 0 Å². The van der Waals surface area contributed by atoms with Gasteiger partial charge in [-0.3, -0.25) is 9.35 Å². The van der Waals surface area contributed by atoms with Gasteiger partial charge in [-0.15, -0.1) is 0 Å². The van der Waals surface area contributed by atoms with Gasteiger partial charge in [0.1, 0.15) is 30.5 Å². The van der Waals surface area contributed by atoms with Crippen LogP contribution in [0.2, 0.25) is 0 Å². The van der Waals surface area contributed by atoms with Crippen molar-refractivity contribution in [3.8, 4) is 0 Å². The highest BCUT2D eigenvalue weighted by Gasteiger charge is 2.48. The Bertz CT molecular complexity index is 1140. The highest BCUT2D eigenvalue weighted by atomic mass is 32.3. The Morgan fingerprint density at radius 3 is 1.53 bits per heavy atom. The first-order valence-corrected chi connectivity index (χ1v) is 25.5. The van der Waals surface area contributed by atoms with E-state index in [1.54, 1.807) is 0 Å². The van der Waals surface area contributed by atoms with Gasteiger partial charge in [0.05, 0.1) is 25.4 Å². The summed E-state index contributed by atoms with van der Waals surface area (Å²) < 4.78 is 47.6. The van der Waals surface area contributed by atoms with Crippen molar-refractivity contribution in [1.82, 2.24) is 5.32 Å². The van der Waals surface area contributed by atoms with Crippen molar-refractivity contribution < 1.29 is 57.0 Å². The number of nitrogens with one attached hydrogen (secondary N) is 1. The maximum absolute atomic E-state index is 13.1. The zero-order valence-corrected chi connectivity index (χ0v) is 38.5. The van der Waals surface area contributed by atoms with Gasteiger partial charge in [0.2, 0.25) is 5.91 Å². The fraction of sp³-hybridized carbons (Fsp3) is 0.935.